The fraction of sp³-hybridized carbons (Fsp3) is 0.294. The van der Waals surface area contributed by atoms with E-state index in [0.717, 1.165) is 17.4 Å². The normalized spacial score (nSPS) is 16.3. The van der Waals surface area contributed by atoms with Gasteiger partial charge in [0.05, 0.1) is 0 Å². The fourth-order valence-electron chi connectivity index (χ4n) is 2.58. The molecule has 2 aromatic rings. The van der Waals surface area contributed by atoms with Crippen LogP contribution in [0.5, 0.6) is 0 Å². The maximum absolute atomic E-state index is 5.87. The average Bonchev–Trinajstić information content (AvgIpc) is 3.23. The number of halogens is 1. The van der Waals surface area contributed by atoms with E-state index < -0.39 is 0 Å². The van der Waals surface area contributed by atoms with Gasteiger partial charge in [0, 0.05) is 16.4 Å². The Morgan fingerprint density at radius 3 is 1.89 bits per heavy atom. The molecule has 2 heteroatoms. The minimum absolute atomic E-state index is 0.302. The summed E-state index contributed by atoms with van der Waals surface area (Å²) >= 11 is 3.47. The third-order valence-electron chi connectivity index (χ3n) is 4.13. The molecule has 98 valence electrons. The molecule has 1 nitrogen and oxygen atoms in total. The Hall–Kier alpha value is -1.12. The van der Waals surface area contributed by atoms with Crippen LogP contribution in [0.15, 0.2) is 53.0 Å². The molecule has 0 amide bonds. The van der Waals surface area contributed by atoms with Crippen molar-refractivity contribution in [2.45, 2.75) is 24.7 Å². The lowest BCUT2D eigenvalue weighted by Crippen LogP contribution is -2.19. The zero-order valence-corrected chi connectivity index (χ0v) is 12.5. The van der Waals surface area contributed by atoms with E-state index in [-0.39, 0.29) is 0 Å². The van der Waals surface area contributed by atoms with Crippen LogP contribution in [0.25, 0.3) is 0 Å². The summed E-state index contributed by atoms with van der Waals surface area (Å²) in [5, 5.41) is 0. The quantitative estimate of drug-likeness (QED) is 0.905. The van der Waals surface area contributed by atoms with E-state index in [4.69, 9.17) is 5.73 Å². The molecule has 2 aromatic carbocycles. The SMILES string of the molecule is NCC1(c2ccc(Cc3ccc(Br)cc3)cc2)CC1. The van der Waals surface area contributed by atoms with E-state index in [0.29, 0.717) is 5.41 Å². The van der Waals surface area contributed by atoms with Crippen LogP contribution in [0.1, 0.15) is 29.5 Å². The predicted molar refractivity (Wildman–Crippen MR) is 83.4 cm³/mol. The van der Waals surface area contributed by atoms with Crippen LogP contribution in [0.4, 0.5) is 0 Å². The van der Waals surface area contributed by atoms with E-state index in [1.807, 2.05) is 0 Å². The molecule has 0 saturated heterocycles. The number of nitrogens with two attached hydrogens (primary N) is 1. The molecule has 19 heavy (non-hydrogen) atoms. The van der Waals surface area contributed by atoms with Crippen molar-refractivity contribution in [3.8, 4) is 0 Å². The predicted octanol–water partition coefficient (Wildman–Crippen LogP) is 4.03. The van der Waals surface area contributed by atoms with Gasteiger partial charge in [0.1, 0.15) is 0 Å². The van der Waals surface area contributed by atoms with Gasteiger partial charge in [-0.2, -0.15) is 0 Å². The highest BCUT2D eigenvalue weighted by Crippen LogP contribution is 2.47. The molecule has 0 bridgehead atoms. The second kappa shape index (κ2) is 5.10. The lowest BCUT2D eigenvalue weighted by atomic mass is 9.94. The standard InChI is InChI=1S/C17H18BrN/c18-16-7-3-14(4-8-16)11-13-1-5-15(6-2-13)17(12-19)9-10-17/h1-8H,9-12,19H2. The molecule has 1 fully saturated rings. The molecule has 0 spiro atoms. The summed E-state index contributed by atoms with van der Waals surface area (Å²) in [6.45, 7) is 0.777. The highest BCUT2D eigenvalue weighted by molar-refractivity contribution is 9.10. The van der Waals surface area contributed by atoms with Gasteiger partial charge in [-0.25, -0.2) is 0 Å². The summed E-state index contributed by atoms with van der Waals surface area (Å²) in [5.74, 6) is 0. The second-order valence-corrected chi connectivity index (χ2v) is 6.40. The second-order valence-electron chi connectivity index (χ2n) is 5.48. The van der Waals surface area contributed by atoms with Crippen molar-refractivity contribution >= 4 is 15.9 Å². The van der Waals surface area contributed by atoms with E-state index in [1.165, 1.54) is 29.5 Å². The van der Waals surface area contributed by atoms with Gasteiger partial charge in [-0.05, 0) is 48.1 Å². The van der Waals surface area contributed by atoms with Gasteiger partial charge in [0.2, 0.25) is 0 Å². The first-order valence-corrected chi connectivity index (χ1v) is 7.55. The lowest BCUT2D eigenvalue weighted by Gasteiger charge is -2.13. The van der Waals surface area contributed by atoms with Gasteiger partial charge >= 0.3 is 0 Å². The molecule has 0 aromatic heterocycles. The summed E-state index contributed by atoms with van der Waals surface area (Å²) in [7, 11) is 0. The zero-order valence-electron chi connectivity index (χ0n) is 10.9. The highest BCUT2D eigenvalue weighted by atomic mass is 79.9. The summed E-state index contributed by atoms with van der Waals surface area (Å²) in [4.78, 5) is 0. The molecule has 1 aliphatic rings. The Morgan fingerprint density at radius 2 is 1.42 bits per heavy atom. The minimum Gasteiger partial charge on any atom is -0.330 e. The molecule has 3 rings (SSSR count). The van der Waals surface area contributed by atoms with Crippen molar-refractivity contribution in [2.24, 2.45) is 5.73 Å². The van der Waals surface area contributed by atoms with Gasteiger partial charge < -0.3 is 5.73 Å². The molecule has 2 N–H and O–H groups in total. The molecular weight excluding hydrogens is 298 g/mol. The van der Waals surface area contributed by atoms with Gasteiger partial charge in [-0.1, -0.05) is 52.3 Å². The van der Waals surface area contributed by atoms with Crippen LogP contribution in [-0.4, -0.2) is 6.54 Å². The Labute approximate surface area is 123 Å². The van der Waals surface area contributed by atoms with Gasteiger partial charge in [0.15, 0.2) is 0 Å². The van der Waals surface area contributed by atoms with Crippen molar-refractivity contribution in [3.05, 3.63) is 69.7 Å². The Bertz CT molecular complexity index is 553. The third-order valence-corrected chi connectivity index (χ3v) is 4.66. The first-order chi connectivity index (χ1) is 9.22. The Morgan fingerprint density at radius 1 is 0.895 bits per heavy atom. The number of benzene rings is 2. The van der Waals surface area contributed by atoms with Crippen LogP contribution in [-0.2, 0) is 11.8 Å². The van der Waals surface area contributed by atoms with Gasteiger partial charge in [-0.15, -0.1) is 0 Å². The molecule has 0 radical (unpaired) electrons. The highest BCUT2D eigenvalue weighted by Gasteiger charge is 2.42. The van der Waals surface area contributed by atoms with E-state index in [9.17, 15) is 0 Å². The maximum Gasteiger partial charge on any atom is 0.0175 e. The van der Waals surface area contributed by atoms with Crippen molar-refractivity contribution < 1.29 is 0 Å². The monoisotopic (exact) mass is 315 g/mol. The third kappa shape index (κ3) is 2.75. The summed E-state index contributed by atoms with van der Waals surface area (Å²) < 4.78 is 1.13. The van der Waals surface area contributed by atoms with Crippen LogP contribution in [0.3, 0.4) is 0 Å². The lowest BCUT2D eigenvalue weighted by molar-refractivity contribution is 0.704. The van der Waals surface area contributed by atoms with Gasteiger partial charge in [-0.3, -0.25) is 0 Å². The zero-order chi connectivity index (χ0) is 13.3. The van der Waals surface area contributed by atoms with Crippen molar-refractivity contribution in [2.75, 3.05) is 6.54 Å². The van der Waals surface area contributed by atoms with E-state index in [2.05, 4.69) is 64.5 Å². The molecule has 0 aliphatic heterocycles. The van der Waals surface area contributed by atoms with Crippen molar-refractivity contribution in [1.82, 2.24) is 0 Å². The Balaban J connectivity index is 1.74. The van der Waals surface area contributed by atoms with Crippen molar-refractivity contribution in [1.29, 1.82) is 0 Å². The molecule has 0 heterocycles. The molecule has 1 saturated carbocycles. The average molecular weight is 316 g/mol. The van der Waals surface area contributed by atoms with Crippen LogP contribution in [0, 0.1) is 0 Å². The van der Waals surface area contributed by atoms with Crippen LogP contribution < -0.4 is 5.73 Å². The van der Waals surface area contributed by atoms with Gasteiger partial charge in [0.25, 0.3) is 0 Å². The van der Waals surface area contributed by atoms with E-state index in [1.54, 1.807) is 0 Å². The molecule has 0 atom stereocenters. The van der Waals surface area contributed by atoms with E-state index >= 15 is 0 Å². The minimum atomic E-state index is 0.302. The number of rotatable bonds is 4. The topological polar surface area (TPSA) is 26.0 Å². The number of hydrogen-bond donors (Lipinski definition) is 1. The summed E-state index contributed by atoms with van der Waals surface area (Å²) in [6, 6.07) is 17.5. The fourth-order valence-corrected chi connectivity index (χ4v) is 2.84. The molecule has 1 aliphatic carbocycles. The molecular formula is C17H18BrN. The van der Waals surface area contributed by atoms with Crippen LogP contribution in [0.2, 0.25) is 0 Å². The molecule has 0 unspecified atom stereocenters. The number of hydrogen-bond acceptors (Lipinski definition) is 1. The Kier molecular flexibility index (Phi) is 3.46. The first kappa shape index (κ1) is 12.9. The summed E-state index contributed by atoms with van der Waals surface area (Å²) in [6.07, 6.45) is 3.48. The smallest absolute Gasteiger partial charge is 0.0175 e. The maximum atomic E-state index is 5.87. The summed E-state index contributed by atoms with van der Waals surface area (Å²) in [5.41, 5.74) is 10.3. The first-order valence-electron chi connectivity index (χ1n) is 6.76. The van der Waals surface area contributed by atoms with Crippen LogP contribution >= 0.6 is 15.9 Å². The largest absolute Gasteiger partial charge is 0.330 e. The van der Waals surface area contributed by atoms with Crippen molar-refractivity contribution in [3.63, 3.8) is 0 Å².